The van der Waals surface area contributed by atoms with E-state index in [0.29, 0.717) is 11.1 Å². The summed E-state index contributed by atoms with van der Waals surface area (Å²) >= 11 is 0. The van der Waals surface area contributed by atoms with E-state index < -0.39 is 5.97 Å². The summed E-state index contributed by atoms with van der Waals surface area (Å²) in [4.78, 5) is 11.1. The molecule has 0 radical (unpaired) electrons. The van der Waals surface area contributed by atoms with E-state index in [-0.39, 0.29) is 12.4 Å². The first-order valence-electron chi connectivity index (χ1n) is 4.75. The van der Waals surface area contributed by atoms with E-state index in [1.807, 2.05) is 0 Å². The SMILES string of the molecule is COC/C(=C/C(=O)OC)c1ccccc1O. The molecule has 0 spiro atoms. The zero-order chi connectivity index (χ0) is 12.0. The van der Waals surface area contributed by atoms with Crippen LogP contribution in [-0.2, 0) is 14.3 Å². The molecule has 16 heavy (non-hydrogen) atoms. The van der Waals surface area contributed by atoms with Crippen molar-refractivity contribution in [2.24, 2.45) is 0 Å². The second kappa shape index (κ2) is 5.92. The smallest absolute Gasteiger partial charge is 0.330 e. The molecule has 0 aromatic heterocycles. The van der Waals surface area contributed by atoms with Crippen molar-refractivity contribution in [3.63, 3.8) is 0 Å². The van der Waals surface area contributed by atoms with Crippen molar-refractivity contribution in [2.75, 3.05) is 20.8 Å². The van der Waals surface area contributed by atoms with Crippen molar-refractivity contribution in [1.82, 2.24) is 0 Å². The van der Waals surface area contributed by atoms with E-state index in [2.05, 4.69) is 4.74 Å². The van der Waals surface area contributed by atoms with Crippen molar-refractivity contribution in [1.29, 1.82) is 0 Å². The Kier molecular flexibility index (Phi) is 4.54. The van der Waals surface area contributed by atoms with Gasteiger partial charge in [-0.3, -0.25) is 0 Å². The number of rotatable bonds is 4. The van der Waals surface area contributed by atoms with E-state index in [0.717, 1.165) is 0 Å². The van der Waals surface area contributed by atoms with Crippen LogP contribution < -0.4 is 0 Å². The predicted octanol–water partition coefficient (Wildman–Crippen LogP) is 1.59. The van der Waals surface area contributed by atoms with Crippen molar-refractivity contribution < 1.29 is 19.4 Å². The van der Waals surface area contributed by atoms with Crippen LogP contribution in [0.4, 0.5) is 0 Å². The summed E-state index contributed by atoms with van der Waals surface area (Å²) in [6.07, 6.45) is 1.30. The normalized spacial score (nSPS) is 11.2. The number of carbonyl (C=O) groups is 1. The predicted molar refractivity (Wildman–Crippen MR) is 60.0 cm³/mol. The standard InChI is InChI=1S/C12H14O4/c1-15-8-9(7-12(14)16-2)10-5-3-4-6-11(10)13/h3-7,13H,8H2,1-2H3/b9-7-. The van der Waals surface area contributed by atoms with Crippen molar-refractivity contribution in [3.8, 4) is 5.75 Å². The molecule has 0 unspecified atom stereocenters. The van der Waals surface area contributed by atoms with Crippen molar-refractivity contribution in [2.45, 2.75) is 0 Å². The second-order valence-electron chi connectivity index (χ2n) is 3.14. The highest BCUT2D eigenvalue weighted by Crippen LogP contribution is 2.24. The van der Waals surface area contributed by atoms with Crippen molar-refractivity contribution >= 4 is 11.5 Å². The Hall–Kier alpha value is -1.81. The Bertz CT molecular complexity index is 396. The Balaban J connectivity index is 3.07. The summed E-state index contributed by atoms with van der Waals surface area (Å²) in [5.41, 5.74) is 1.14. The maximum atomic E-state index is 11.1. The van der Waals surface area contributed by atoms with Gasteiger partial charge in [0.2, 0.25) is 0 Å². The molecule has 0 fully saturated rings. The molecule has 0 aliphatic heterocycles. The summed E-state index contributed by atoms with van der Waals surface area (Å²) in [5.74, 6) is -0.370. The molecule has 1 N–H and O–H groups in total. The minimum atomic E-state index is -0.477. The minimum absolute atomic E-state index is 0.106. The lowest BCUT2D eigenvalue weighted by molar-refractivity contribution is -0.134. The van der Waals surface area contributed by atoms with Gasteiger partial charge < -0.3 is 14.6 Å². The third kappa shape index (κ3) is 3.10. The molecule has 0 bridgehead atoms. The fourth-order valence-electron chi connectivity index (χ4n) is 1.30. The number of methoxy groups -OCH3 is 2. The Morgan fingerprint density at radius 1 is 1.38 bits per heavy atom. The van der Waals surface area contributed by atoms with Crippen LogP contribution in [0.1, 0.15) is 5.56 Å². The molecule has 4 nitrogen and oxygen atoms in total. The van der Waals surface area contributed by atoms with Gasteiger partial charge in [-0.15, -0.1) is 0 Å². The second-order valence-corrected chi connectivity index (χ2v) is 3.14. The van der Waals surface area contributed by atoms with E-state index in [4.69, 9.17) is 4.74 Å². The minimum Gasteiger partial charge on any atom is -0.507 e. The highest BCUT2D eigenvalue weighted by atomic mass is 16.5. The van der Waals surface area contributed by atoms with Gasteiger partial charge in [-0.1, -0.05) is 18.2 Å². The van der Waals surface area contributed by atoms with E-state index in [1.165, 1.54) is 20.3 Å². The number of aromatic hydroxyl groups is 1. The van der Waals surface area contributed by atoms with Crippen LogP contribution in [0, 0.1) is 0 Å². The van der Waals surface area contributed by atoms with Crippen molar-refractivity contribution in [3.05, 3.63) is 35.9 Å². The van der Waals surface area contributed by atoms with Crippen LogP contribution in [0.2, 0.25) is 0 Å². The lowest BCUT2D eigenvalue weighted by Crippen LogP contribution is -2.01. The third-order valence-electron chi connectivity index (χ3n) is 2.04. The average molecular weight is 222 g/mol. The summed E-state index contributed by atoms with van der Waals surface area (Å²) in [6, 6.07) is 6.75. The van der Waals surface area contributed by atoms with Crippen LogP contribution in [0.15, 0.2) is 30.3 Å². The molecule has 1 aromatic carbocycles. The molecular weight excluding hydrogens is 208 g/mol. The van der Waals surface area contributed by atoms with E-state index >= 15 is 0 Å². The first-order valence-corrected chi connectivity index (χ1v) is 4.75. The topological polar surface area (TPSA) is 55.8 Å². The fraction of sp³-hybridized carbons (Fsp3) is 0.250. The molecule has 0 heterocycles. The van der Waals surface area contributed by atoms with Gasteiger partial charge in [-0.05, 0) is 11.6 Å². The van der Waals surface area contributed by atoms with Gasteiger partial charge in [0, 0.05) is 18.7 Å². The zero-order valence-electron chi connectivity index (χ0n) is 9.27. The lowest BCUT2D eigenvalue weighted by atomic mass is 10.1. The quantitative estimate of drug-likeness (QED) is 0.621. The molecule has 0 saturated heterocycles. The number of ether oxygens (including phenoxy) is 2. The van der Waals surface area contributed by atoms with Gasteiger partial charge >= 0.3 is 5.97 Å². The molecule has 0 aliphatic carbocycles. The van der Waals surface area contributed by atoms with Gasteiger partial charge in [0.05, 0.1) is 13.7 Å². The summed E-state index contributed by atoms with van der Waals surface area (Å²) in [6.45, 7) is 0.229. The Morgan fingerprint density at radius 3 is 2.62 bits per heavy atom. The molecule has 1 rings (SSSR count). The van der Waals surface area contributed by atoms with Crippen LogP contribution >= 0.6 is 0 Å². The number of phenolic OH excluding ortho intramolecular Hbond substituents is 1. The van der Waals surface area contributed by atoms with Crippen LogP contribution in [0.5, 0.6) is 5.75 Å². The first kappa shape index (κ1) is 12.3. The van der Waals surface area contributed by atoms with Crippen LogP contribution in [0.25, 0.3) is 5.57 Å². The highest BCUT2D eigenvalue weighted by Gasteiger charge is 2.08. The van der Waals surface area contributed by atoms with Gasteiger partial charge in [0.1, 0.15) is 5.75 Å². The lowest BCUT2D eigenvalue weighted by Gasteiger charge is -2.08. The maximum absolute atomic E-state index is 11.1. The average Bonchev–Trinajstić information content (AvgIpc) is 2.29. The number of phenols is 1. The number of hydrogen-bond donors (Lipinski definition) is 1. The maximum Gasteiger partial charge on any atom is 0.330 e. The zero-order valence-corrected chi connectivity index (χ0v) is 9.27. The molecular formula is C12H14O4. The summed E-state index contributed by atoms with van der Waals surface area (Å²) in [7, 11) is 2.82. The molecule has 86 valence electrons. The monoisotopic (exact) mass is 222 g/mol. The summed E-state index contributed by atoms with van der Waals surface area (Å²) < 4.78 is 9.51. The van der Waals surface area contributed by atoms with E-state index in [9.17, 15) is 9.90 Å². The van der Waals surface area contributed by atoms with Gasteiger partial charge in [-0.2, -0.15) is 0 Å². The van der Waals surface area contributed by atoms with Gasteiger partial charge in [0.25, 0.3) is 0 Å². The largest absolute Gasteiger partial charge is 0.507 e. The molecule has 4 heteroatoms. The van der Waals surface area contributed by atoms with Crippen LogP contribution in [0.3, 0.4) is 0 Å². The first-order chi connectivity index (χ1) is 7.69. The number of esters is 1. The number of carbonyl (C=O) groups excluding carboxylic acids is 1. The summed E-state index contributed by atoms with van der Waals surface area (Å²) in [5, 5.41) is 9.64. The van der Waals surface area contributed by atoms with Crippen LogP contribution in [-0.4, -0.2) is 31.9 Å². The van der Waals surface area contributed by atoms with Gasteiger partial charge in [-0.25, -0.2) is 4.79 Å². The number of benzene rings is 1. The number of hydrogen-bond acceptors (Lipinski definition) is 4. The van der Waals surface area contributed by atoms with Gasteiger partial charge in [0.15, 0.2) is 0 Å². The molecule has 0 atom stereocenters. The highest BCUT2D eigenvalue weighted by molar-refractivity contribution is 5.92. The fourth-order valence-corrected chi connectivity index (χ4v) is 1.30. The molecule has 0 saturated carbocycles. The number of para-hydroxylation sites is 1. The third-order valence-corrected chi connectivity index (χ3v) is 2.04. The Labute approximate surface area is 94.1 Å². The Morgan fingerprint density at radius 2 is 2.06 bits per heavy atom. The molecule has 0 aliphatic rings. The molecule has 0 amide bonds. The molecule has 1 aromatic rings. The van der Waals surface area contributed by atoms with E-state index in [1.54, 1.807) is 24.3 Å².